The fraction of sp³-hybridized carbons (Fsp3) is 0.500. The standard InChI is InChI=1S/C12H18N2O3/c1-3-5-12(2,17)8-14-11(16)9-7-13-6-4-10(9)15/h4,6-7,17H,3,5,8H2,1-2H3,(H,13,15)(H,14,16). The van der Waals surface area contributed by atoms with Gasteiger partial charge in [0.15, 0.2) is 5.43 Å². The van der Waals surface area contributed by atoms with Crippen molar-refractivity contribution in [2.75, 3.05) is 6.54 Å². The van der Waals surface area contributed by atoms with Crippen LogP contribution in [0.5, 0.6) is 0 Å². The highest BCUT2D eigenvalue weighted by Crippen LogP contribution is 2.09. The summed E-state index contributed by atoms with van der Waals surface area (Å²) in [5, 5.41) is 12.4. The van der Waals surface area contributed by atoms with E-state index in [-0.39, 0.29) is 17.5 Å². The number of carbonyl (C=O) groups excluding carboxylic acids is 1. The van der Waals surface area contributed by atoms with Crippen molar-refractivity contribution in [2.45, 2.75) is 32.3 Å². The van der Waals surface area contributed by atoms with Crippen LogP contribution in [0.3, 0.4) is 0 Å². The molecule has 1 rings (SSSR count). The fourth-order valence-electron chi connectivity index (χ4n) is 1.59. The molecule has 5 heteroatoms. The Kier molecular flexibility index (Phi) is 4.45. The lowest BCUT2D eigenvalue weighted by atomic mass is 10.0. The van der Waals surface area contributed by atoms with Crippen LogP contribution in [0, 0.1) is 0 Å². The molecule has 0 saturated heterocycles. The van der Waals surface area contributed by atoms with Gasteiger partial charge in [0, 0.05) is 25.0 Å². The molecule has 3 N–H and O–H groups in total. The van der Waals surface area contributed by atoms with Gasteiger partial charge in [0.25, 0.3) is 5.91 Å². The van der Waals surface area contributed by atoms with E-state index < -0.39 is 11.5 Å². The first-order chi connectivity index (χ1) is 7.96. The third kappa shape index (κ3) is 4.03. The average molecular weight is 238 g/mol. The predicted molar refractivity (Wildman–Crippen MR) is 64.9 cm³/mol. The summed E-state index contributed by atoms with van der Waals surface area (Å²) in [5.41, 5.74) is -1.22. The highest BCUT2D eigenvalue weighted by Gasteiger charge is 2.20. The molecule has 5 nitrogen and oxygen atoms in total. The normalized spacial score (nSPS) is 14.1. The summed E-state index contributed by atoms with van der Waals surface area (Å²) in [7, 11) is 0. The number of H-pyrrole nitrogens is 1. The lowest BCUT2D eigenvalue weighted by Gasteiger charge is -2.22. The molecule has 0 fully saturated rings. The Labute approximate surface area is 99.9 Å². The molecule has 0 bridgehead atoms. The SMILES string of the molecule is CCCC(C)(O)CNC(=O)c1c[nH]ccc1=O. The quantitative estimate of drug-likeness (QED) is 0.704. The van der Waals surface area contributed by atoms with Crippen molar-refractivity contribution in [1.29, 1.82) is 0 Å². The van der Waals surface area contributed by atoms with Gasteiger partial charge in [-0.1, -0.05) is 13.3 Å². The number of aliphatic hydroxyl groups is 1. The van der Waals surface area contributed by atoms with E-state index in [4.69, 9.17) is 0 Å². The van der Waals surface area contributed by atoms with Crippen molar-refractivity contribution in [3.05, 3.63) is 34.2 Å². The van der Waals surface area contributed by atoms with Crippen LogP contribution in [0.1, 0.15) is 37.0 Å². The Bertz CT molecular complexity index is 437. The molecule has 1 heterocycles. The predicted octanol–water partition coefficient (Wildman–Crippen LogP) is 0.656. The molecule has 1 aromatic rings. The molecule has 0 saturated carbocycles. The lowest BCUT2D eigenvalue weighted by Crippen LogP contribution is -2.41. The second-order valence-electron chi connectivity index (χ2n) is 4.35. The molecule has 0 aliphatic carbocycles. The van der Waals surface area contributed by atoms with Crippen molar-refractivity contribution >= 4 is 5.91 Å². The third-order valence-electron chi connectivity index (χ3n) is 2.49. The molecule has 0 radical (unpaired) electrons. The molecule has 0 aliphatic heterocycles. The molecular weight excluding hydrogens is 220 g/mol. The smallest absolute Gasteiger partial charge is 0.256 e. The number of nitrogens with one attached hydrogen (secondary N) is 2. The lowest BCUT2D eigenvalue weighted by molar-refractivity contribution is 0.0469. The number of aromatic nitrogens is 1. The van der Waals surface area contributed by atoms with Crippen LogP contribution in [0.4, 0.5) is 0 Å². The Morgan fingerprint density at radius 1 is 1.59 bits per heavy atom. The van der Waals surface area contributed by atoms with Crippen LogP contribution in [0.25, 0.3) is 0 Å². The van der Waals surface area contributed by atoms with Gasteiger partial charge < -0.3 is 15.4 Å². The van der Waals surface area contributed by atoms with Crippen LogP contribution >= 0.6 is 0 Å². The van der Waals surface area contributed by atoms with Crippen molar-refractivity contribution in [1.82, 2.24) is 10.3 Å². The number of rotatable bonds is 5. The highest BCUT2D eigenvalue weighted by atomic mass is 16.3. The summed E-state index contributed by atoms with van der Waals surface area (Å²) in [6, 6.07) is 1.29. The highest BCUT2D eigenvalue weighted by molar-refractivity contribution is 5.93. The minimum Gasteiger partial charge on any atom is -0.388 e. The minimum atomic E-state index is -0.939. The molecule has 94 valence electrons. The van der Waals surface area contributed by atoms with Gasteiger partial charge in [-0.2, -0.15) is 0 Å². The van der Waals surface area contributed by atoms with Crippen LogP contribution < -0.4 is 10.7 Å². The van der Waals surface area contributed by atoms with E-state index in [9.17, 15) is 14.7 Å². The first-order valence-electron chi connectivity index (χ1n) is 5.64. The number of pyridine rings is 1. The monoisotopic (exact) mass is 238 g/mol. The summed E-state index contributed by atoms with van der Waals surface area (Å²) in [6.45, 7) is 3.75. The minimum absolute atomic E-state index is 0.0554. The molecular formula is C12H18N2O3. The number of carbonyl (C=O) groups is 1. The number of aromatic amines is 1. The molecule has 0 aliphatic rings. The second kappa shape index (κ2) is 5.63. The van der Waals surface area contributed by atoms with Crippen LogP contribution in [-0.2, 0) is 0 Å². The van der Waals surface area contributed by atoms with Crippen molar-refractivity contribution in [3.8, 4) is 0 Å². The van der Waals surface area contributed by atoms with Gasteiger partial charge in [-0.15, -0.1) is 0 Å². The molecule has 1 aromatic heterocycles. The topological polar surface area (TPSA) is 82.2 Å². The Hall–Kier alpha value is -1.62. The Morgan fingerprint density at radius 2 is 2.29 bits per heavy atom. The van der Waals surface area contributed by atoms with E-state index in [1.54, 1.807) is 6.92 Å². The first-order valence-corrected chi connectivity index (χ1v) is 5.64. The van der Waals surface area contributed by atoms with E-state index in [0.29, 0.717) is 6.42 Å². The maximum absolute atomic E-state index is 11.7. The zero-order chi connectivity index (χ0) is 12.9. The molecule has 17 heavy (non-hydrogen) atoms. The van der Waals surface area contributed by atoms with Gasteiger partial charge in [0.2, 0.25) is 0 Å². The largest absolute Gasteiger partial charge is 0.388 e. The summed E-state index contributed by atoms with van der Waals surface area (Å²) in [6.07, 6.45) is 4.24. The fourth-order valence-corrected chi connectivity index (χ4v) is 1.59. The number of amides is 1. The van der Waals surface area contributed by atoms with E-state index in [1.807, 2.05) is 6.92 Å². The van der Waals surface area contributed by atoms with Crippen molar-refractivity contribution in [3.63, 3.8) is 0 Å². The molecule has 1 atom stereocenters. The van der Waals surface area contributed by atoms with Gasteiger partial charge in [0.05, 0.1) is 5.60 Å². The Morgan fingerprint density at radius 3 is 2.88 bits per heavy atom. The summed E-state index contributed by atoms with van der Waals surface area (Å²) >= 11 is 0. The number of hydrogen-bond donors (Lipinski definition) is 3. The van der Waals surface area contributed by atoms with Gasteiger partial charge in [-0.05, 0) is 13.3 Å². The van der Waals surface area contributed by atoms with E-state index >= 15 is 0 Å². The molecule has 1 unspecified atom stereocenters. The van der Waals surface area contributed by atoms with Gasteiger partial charge >= 0.3 is 0 Å². The maximum atomic E-state index is 11.7. The summed E-state index contributed by atoms with van der Waals surface area (Å²) in [4.78, 5) is 25.7. The number of hydrogen-bond acceptors (Lipinski definition) is 3. The molecule has 0 aromatic carbocycles. The van der Waals surface area contributed by atoms with Crippen LogP contribution in [-0.4, -0.2) is 28.1 Å². The summed E-state index contributed by atoms with van der Waals surface area (Å²) in [5.74, 6) is -0.469. The van der Waals surface area contributed by atoms with Crippen LogP contribution in [0.2, 0.25) is 0 Å². The zero-order valence-electron chi connectivity index (χ0n) is 10.1. The molecule has 0 spiro atoms. The second-order valence-corrected chi connectivity index (χ2v) is 4.35. The van der Waals surface area contributed by atoms with Crippen molar-refractivity contribution < 1.29 is 9.90 Å². The van der Waals surface area contributed by atoms with E-state index in [0.717, 1.165) is 6.42 Å². The van der Waals surface area contributed by atoms with Gasteiger partial charge in [-0.3, -0.25) is 9.59 Å². The summed E-state index contributed by atoms with van der Waals surface area (Å²) < 4.78 is 0. The Balaban J connectivity index is 2.63. The van der Waals surface area contributed by atoms with E-state index in [2.05, 4.69) is 10.3 Å². The zero-order valence-corrected chi connectivity index (χ0v) is 10.1. The van der Waals surface area contributed by atoms with Gasteiger partial charge in [-0.25, -0.2) is 0 Å². The van der Waals surface area contributed by atoms with Crippen LogP contribution in [0.15, 0.2) is 23.3 Å². The average Bonchev–Trinajstić information content (AvgIpc) is 2.27. The third-order valence-corrected chi connectivity index (χ3v) is 2.49. The van der Waals surface area contributed by atoms with Crippen molar-refractivity contribution in [2.24, 2.45) is 0 Å². The molecule has 1 amide bonds. The van der Waals surface area contributed by atoms with E-state index in [1.165, 1.54) is 18.5 Å². The van der Waals surface area contributed by atoms with Gasteiger partial charge in [0.1, 0.15) is 5.56 Å². The first kappa shape index (κ1) is 13.4. The maximum Gasteiger partial charge on any atom is 0.256 e.